The van der Waals surface area contributed by atoms with Crippen molar-refractivity contribution < 1.29 is 0 Å². The molecule has 0 N–H and O–H groups in total. The van der Waals surface area contributed by atoms with Crippen LogP contribution in [-0.2, 0) is 14.1 Å². The molecule has 2 aromatic heterocycles. The fourth-order valence-electron chi connectivity index (χ4n) is 4.11. The summed E-state index contributed by atoms with van der Waals surface area (Å²) in [6.45, 7) is 0. The molecule has 0 unspecified atom stereocenters. The lowest BCUT2D eigenvalue weighted by Crippen LogP contribution is -2.36. The second kappa shape index (κ2) is 6.47. The topological polar surface area (TPSA) is 48.9 Å². The molecule has 26 heavy (non-hydrogen) atoms. The summed E-state index contributed by atoms with van der Waals surface area (Å²) in [5.41, 5.74) is 1.98. The van der Waals surface area contributed by atoms with Gasteiger partial charge in [-0.1, -0.05) is 43.0 Å². The Balaban J connectivity index is 2.09. The first kappa shape index (κ1) is 17.2. The number of hydrogen-bond acceptors (Lipinski definition) is 2. The Bertz CT molecular complexity index is 1080. The van der Waals surface area contributed by atoms with E-state index >= 15 is 0 Å². The molecule has 1 aromatic carbocycles. The van der Waals surface area contributed by atoms with Gasteiger partial charge in [-0.2, -0.15) is 0 Å². The van der Waals surface area contributed by atoms with Crippen LogP contribution < -0.4 is 11.2 Å². The van der Waals surface area contributed by atoms with Crippen LogP contribution >= 0.6 is 11.6 Å². The van der Waals surface area contributed by atoms with Gasteiger partial charge in [-0.3, -0.25) is 13.9 Å². The van der Waals surface area contributed by atoms with E-state index in [4.69, 9.17) is 11.6 Å². The SMILES string of the molecule is Cn1c(=O)c2c(-c3ccc(Cl)cc3)n(C3CCCCC3)cc2n(C)c1=O. The third-order valence-electron chi connectivity index (χ3n) is 5.55. The molecule has 2 heterocycles. The third-order valence-corrected chi connectivity index (χ3v) is 5.80. The molecule has 0 amide bonds. The van der Waals surface area contributed by atoms with Gasteiger partial charge in [0.2, 0.25) is 0 Å². The van der Waals surface area contributed by atoms with Crippen LogP contribution in [0.15, 0.2) is 40.1 Å². The van der Waals surface area contributed by atoms with Crippen molar-refractivity contribution in [3.05, 3.63) is 56.3 Å². The molecule has 1 aliphatic rings. The van der Waals surface area contributed by atoms with Crippen molar-refractivity contribution in [3.8, 4) is 11.3 Å². The molecule has 5 nitrogen and oxygen atoms in total. The zero-order chi connectivity index (χ0) is 18.4. The number of aryl methyl sites for hydroxylation is 1. The minimum Gasteiger partial charge on any atom is -0.342 e. The second-order valence-corrected chi connectivity index (χ2v) is 7.59. The van der Waals surface area contributed by atoms with Crippen LogP contribution in [-0.4, -0.2) is 13.7 Å². The largest absolute Gasteiger partial charge is 0.342 e. The van der Waals surface area contributed by atoms with E-state index in [0.29, 0.717) is 22.0 Å². The molecule has 6 heteroatoms. The molecule has 1 fully saturated rings. The summed E-state index contributed by atoms with van der Waals surface area (Å²) in [6.07, 6.45) is 7.81. The van der Waals surface area contributed by atoms with E-state index < -0.39 is 0 Å². The first-order valence-corrected chi connectivity index (χ1v) is 9.43. The van der Waals surface area contributed by atoms with Gasteiger partial charge in [-0.05, 0) is 30.5 Å². The smallest absolute Gasteiger partial charge is 0.330 e. The van der Waals surface area contributed by atoms with Crippen molar-refractivity contribution in [3.63, 3.8) is 0 Å². The number of benzene rings is 1. The summed E-state index contributed by atoms with van der Waals surface area (Å²) in [5, 5.41) is 1.26. The van der Waals surface area contributed by atoms with Gasteiger partial charge >= 0.3 is 5.69 Å². The monoisotopic (exact) mass is 371 g/mol. The maximum Gasteiger partial charge on any atom is 0.330 e. The standard InChI is InChI=1S/C20H22ClN3O2/c1-22-16-12-24(15-6-4-3-5-7-15)18(13-8-10-14(21)11-9-13)17(16)19(25)23(2)20(22)26/h8-12,15H,3-7H2,1-2H3. The van der Waals surface area contributed by atoms with Crippen molar-refractivity contribution in [2.24, 2.45) is 14.1 Å². The van der Waals surface area contributed by atoms with E-state index in [-0.39, 0.29) is 11.2 Å². The number of hydrogen-bond donors (Lipinski definition) is 0. The molecule has 0 atom stereocenters. The van der Waals surface area contributed by atoms with Gasteiger partial charge in [0, 0.05) is 31.4 Å². The van der Waals surface area contributed by atoms with Gasteiger partial charge in [0.15, 0.2) is 0 Å². The molecule has 0 bridgehead atoms. The number of nitrogens with zero attached hydrogens (tertiary/aromatic N) is 3. The lowest BCUT2D eigenvalue weighted by atomic mass is 9.95. The van der Waals surface area contributed by atoms with Crippen LogP contribution in [0.1, 0.15) is 38.1 Å². The van der Waals surface area contributed by atoms with Crippen molar-refractivity contribution >= 4 is 22.5 Å². The van der Waals surface area contributed by atoms with E-state index in [1.165, 1.54) is 30.9 Å². The molecule has 3 aromatic rings. The molecule has 4 rings (SSSR count). The predicted octanol–water partition coefficient (Wildman–Crippen LogP) is 3.86. The Morgan fingerprint density at radius 1 is 0.962 bits per heavy atom. The van der Waals surface area contributed by atoms with E-state index in [1.54, 1.807) is 11.6 Å². The summed E-state index contributed by atoms with van der Waals surface area (Å²) >= 11 is 6.06. The van der Waals surface area contributed by atoms with Crippen LogP contribution in [0.3, 0.4) is 0 Å². The molecule has 0 spiro atoms. The van der Waals surface area contributed by atoms with E-state index in [1.807, 2.05) is 30.5 Å². The number of rotatable bonds is 2. The highest BCUT2D eigenvalue weighted by molar-refractivity contribution is 6.30. The third kappa shape index (κ3) is 2.62. The van der Waals surface area contributed by atoms with Crippen LogP contribution in [0.2, 0.25) is 5.02 Å². The molecule has 1 saturated carbocycles. The Morgan fingerprint density at radius 3 is 2.27 bits per heavy atom. The summed E-state index contributed by atoms with van der Waals surface area (Å²) in [7, 11) is 3.26. The first-order valence-electron chi connectivity index (χ1n) is 9.05. The lowest BCUT2D eigenvalue weighted by Gasteiger charge is -2.25. The lowest BCUT2D eigenvalue weighted by molar-refractivity contribution is 0.357. The molecule has 0 saturated heterocycles. The molecule has 0 aliphatic heterocycles. The minimum absolute atomic E-state index is 0.248. The summed E-state index contributed by atoms with van der Waals surface area (Å²) < 4.78 is 4.97. The number of fused-ring (bicyclic) bond motifs is 1. The highest BCUT2D eigenvalue weighted by Crippen LogP contribution is 2.36. The van der Waals surface area contributed by atoms with Crippen LogP contribution in [0.5, 0.6) is 0 Å². The minimum atomic E-state index is -0.300. The maximum absolute atomic E-state index is 13.0. The quantitative estimate of drug-likeness (QED) is 0.686. The summed E-state index contributed by atoms with van der Waals surface area (Å²) in [6, 6.07) is 7.92. The molecular formula is C20H22ClN3O2. The predicted molar refractivity (Wildman–Crippen MR) is 105 cm³/mol. The van der Waals surface area contributed by atoms with Gasteiger partial charge in [0.25, 0.3) is 5.56 Å². The second-order valence-electron chi connectivity index (χ2n) is 7.15. The van der Waals surface area contributed by atoms with Crippen molar-refractivity contribution in [2.45, 2.75) is 38.1 Å². The average molecular weight is 372 g/mol. The van der Waals surface area contributed by atoms with E-state index in [9.17, 15) is 9.59 Å². The van der Waals surface area contributed by atoms with E-state index in [2.05, 4.69) is 4.57 Å². The van der Waals surface area contributed by atoms with Crippen LogP contribution in [0.4, 0.5) is 0 Å². The molecule has 0 radical (unpaired) electrons. The van der Waals surface area contributed by atoms with Gasteiger partial charge in [-0.15, -0.1) is 0 Å². The van der Waals surface area contributed by atoms with Gasteiger partial charge in [0.1, 0.15) is 0 Å². The average Bonchev–Trinajstić information content (AvgIpc) is 3.07. The zero-order valence-corrected chi connectivity index (χ0v) is 15.8. The van der Waals surface area contributed by atoms with Gasteiger partial charge in [0.05, 0.1) is 16.6 Å². The molecular weight excluding hydrogens is 350 g/mol. The van der Waals surface area contributed by atoms with Crippen molar-refractivity contribution in [1.29, 1.82) is 0 Å². The molecule has 1 aliphatic carbocycles. The summed E-state index contributed by atoms with van der Waals surface area (Å²) in [4.78, 5) is 25.3. The van der Waals surface area contributed by atoms with Crippen LogP contribution in [0.25, 0.3) is 22.2 Å². The maximum atomic E-state index is 13.0. The Kier molecular flexibility index (Phi) is 4.27. The number of halogens is 1. The molecule has 136 valence electrons. The fourth-order valence-corrected chi connectivity index (χ4v) is 4.23. The Hall–Kier alpha value is -2.27. The van der Waals surface area contributed by atoms with Crippen molar-refractivity contribution in [2.75, 3.05) is 0 Å². The van der Waals surface area contributed by atoms with Gasteiger partial charge in [-0.25, -0.2) is 4.79 Å². The number of aromatic nitrogens is 3. The van der Waals surface area contributed by atoms with Crippen LogP contribution in [0, 0.1) is 0 Å². The first-order chi connectivity index (χ1) is 12.5. The highest BCUT2D eigenvalue weighted by Gasteiger charge is 2.24. The summed E-state index contributed by atoms with van der Waals surface area (Å²) in [5.74, 6) is 0. The zero-order valence-electron chi connectivity index (χ0n) is 15.0. The fraction of sp³-hybridized carbons (Fsp3) is 0.400. The van der Waals surface area contributed by atoms with Crippen molar-refractivity contribution in [1.82, 2.24) is 13.7 Å². The van der Waals surface area contributed by atoms with E-state index in [0.717, 1.165) is 24.1 Å². The Morgan fingerprint density at radius 2 is 1.62 bits per heavy atom. The Labute approximate surface area is 156 Å². The van der Waals surface area contributed by atoms with Gasteiger partial charge < -0.3 is 4.57 Å². The highest BCUT2D eigenvalue weighted by atomic mass is 35.5. The normalized spacial score (nSPS) is 15.7.